The van der Waals surface area contributed by atoms with Crippen molar-refractivity contribution in [3.05, 3.63) is 30.0 Å². The first-order valence-electron chi connectivity index (χ1n) is 9.63. The molecule has 2 fully saturated rings. The van der Waals surface area contributed by atoms with E-state index in [4.69, 9.17) is 9.47 Å². The molecule has 6 nitrogen and oxygen atoms in total. The normalized spacial score (nSPS) is 23.5. The van der Waals surface area contributed by atoms with Crippen LogP contribution >= 0.6 is 0 Å². The average molecular weight is 356 g/mol. The van der Waals surface area contributed by atoms with Gasteiger partial charge in [-0.3, -0.25) is 0 Å². The number of hydrogen-bond donors (Lipinski definition) is 0. The molecule has 2 aliphatic heterocycles. The SMILES string of the molecule is COC1CCN(c2ccc(-c3cn(CC4CCCCO4)nn3)c(C)c2)C1. The fraction of sp³-hybridized carbons (Fsp3) is 0.600. The highest BCUT2D eigenvalue weighted by Gasteiger charge is 2.23. The molecule has 2 atom stereocenters. The van der Waals surface area contributed by atoms with Crippen LogP contribution in [0.4, 0.5) is 5.69 Å². The third-order valence-electron chi connectivity index (χ3n) is 5.53. The molecule has 1 aromatic heterocycles. The molecule has 1 aromatic carbocycles. The summed E-state index contributed by atoms with van der Waals surface area (Å²) in [5, 5.41) is 8.70. The van der Waals surface area contributed by atoms with Crippen LogP contribution in [0.25, 0.3) is 11.3 Å². The van der Waals surface area contributed by atoms with E-state index < -0.39 is 0 Å². The van der Waals surface area contributed by atoms with Crippen molar-refractivity contribution in [2.75, 3.05) is 31.7 Å². The Morgan fingerprint density at radius 1 is 1.27 bits per heavy atom. The highest BCUT2D eigenvalue weighted by atomic mass is 16.5. The first kappa shape index (κ1) is 17.5. The summed E-state index contributed by atoms with van der Waals surface area (Å²) in [5.41, 5.74) is 4.56. The number of hydrogen-bond acceptors (Lipinski definition) is 5. The Labute approximate surface area is 155 Å². The number of aryl methyl sites for hydroxylation is 1. The fourth-order valence-electron chi connectivity index (χ4n) is 3.96. The number of nitrogens with zero attached hydrogens (tertiary/aromatic N) is 4. The van der Waals surface area contributed by atoms with Crippen LogP contribution in [0, 0.1) is 6.92 Å². The van der Waals surface area contributed by atoms with Crippen molar-refractivity contribution < 1.29 is 9.47 Å². The Kier molecular flexibility index (Phi) is 5.22. The van der Waals surface area contributed by atoms with Crippen LogP contribution in [0.5, 0.6) is 0 Å². The molecular weight excluding hydrogens is 328 g/mol. The van der Waals surface area contributed by atoms with E-state index in [1.165, 1.54) is 24.1 Å². The monoisotopic (exact) mass is 356 g/mol. The van der Waals surface area contributed by atoms with Crippen molar-refractivity contribution in [2.45, 2.75) is 51.4 Å². The zero-order chi connectivity index (χ0) is 17.9. The van der Waals surface area contributed by atoms with E-state index in [9.17, 15) is 0 Å². The maximum atomic E-state index is 5.81. The number of aromatic nitrogens is 3. The van der Waals surface area contributed by atoms with Gasteiger partial charge in [-0.1, -0.05) is 11.3 Å². The Balaban J connectivity index is 1.46. The van der Waals surface area contributed by atoms with E-state index in [0.29, 0.717) is 6.10 Å². The van der Waals surface area contributed by atoms with Crippen LogP contribution in [-0.2, 0) is 16.0 Å². The molecule has 2 saturated heterocycles. The summed E-state index contributed by atoms with van der Waals surface area (Å²) in [6.45, 7) is 5.82. The van der Waals surface area contributed by atoms with E-state index in [0.717, 1.165) is 50.3 Å². The average Bonchev–Trinajstić information content (AvgIpc) is 3.32. The summed E-state index contributed by atoms with van der Waals surface area (Å²) in [4.78, 5) is 2.39. The van der Waals surface area contributed by atoms with E-state index in [1.54, 1.807) is 7.11 Å². The van der Waals surface area contributed by atoms with Crippen molar-refractivity contribution in [1.29, 1.82) is 0 Å². The van der Waals surface area contributed by atoms with Crippen molar-refractivity contribution >= 4 is 5.69 Å². The summed E-state index contributed by atoms with van der Waals surface area (Å²) < 4.78 is 13.2. The van der Waals surface area contributed by atoms with E-state index in [2.05, 4.69) is 40.3 Å². The molecule has 0 amide bonds. The molecule has 2 aliphatic rings. The number of ether oxygens (including phenoxy) is 2. The largest absolute Gasteiger partial charge is 0.380 e. The van der Waals surface area contributed by atoms with Gasteiger partial charge in [0, 0.05) is 38.1 Å². The second kappa shape index (κ2) is 7.76. The van der Waals surface area contributed by atoms with Gasteiger partial charge in [0.2, 0.25) is 0 Å². The molecule has 2 unspecified atom stereocenters. The van der Waals surface area contributed by atoms with E-state index in [-0.39, 0.29) is 6.10 Å². The lowest BCUT2D eigenvalue weighted by atomic mass is 10.1. The molecule has 26 heavy (non-hydrogen) atoms. The molecule has 0 aliphatic carbocycles. The number of rotatable bonds is 5. The lowest BCUT2D eigenvalue weighted by Crippen LogP contribution is -2.24. The Bertz CT molecular complexity index is 739. The highest BCUT2D eigenvalue weighted by molar-refractivity contribution is 5.67. The second-order valence-electron chi connectivity index (χ2n) is 7.41. The lowest BCUT2D eigenvalue weighted by Gasteiger charge is -2.21. The van der Waals surface area contributed by atoms with Crippen molar-refractivity contribution in [3.63, 3.8) is 0 Å². The Morgan fingerprint density at radius 3 is 2.92 bits per heavy atom. The molecule has 140 valence electrons. The third kappa shape index (κ3) is 3.76. The van der Waals surface area contributed by atoms with Gasteiger partial charge in [-0.15, -0.1) is 5.10 Å². The molecule has 0 N–H and O–H groups in total. The third-order valence-corrected chi connectivity index (χ3v) is 5.53. The quantitative estimate of drug-likeness (QED) is 0.824. The predicted octanol–water partition coefficient (Wildman–Crippen LogP) is 3.05. The van der Waals surface area contributed by atoms with Crippen molar-refractivity contribution in [2.24, 2.45) is 0 Å². The Morgan fingerprint density at radius 2 is 2.19 bits per heavy atom. The van der Waals surface area contributed by atoms with E-state index in [1.807, 2.05) is 10.9 Å². The molecule has 2 aromatic rings. The number of benzene rings is 1. The minimum atomic E-state index is 0.269. The van der Waals surface area contributed by atoms with Crippen LogP contribution in [0.2, 0.25) is 0 Å². The van der Waals surface area contributed by atoms with E-state index >= 15 is 0 Å². The molecule has 6 heteroatoms. The van der Waals surface area contributed by atoms with Gasteiger partial charge in [-0.05, 0) is 50.3 Å². The minimum absolute atomic E-state index is 0.269. The molecule has 0 bridgehead atoms. The summed E-state index contributed by atoms with van der Waals surface area (Å²) in [6.07, 6.45) is 7.27. The summed E-state index contributed by atoms with van der Waals surface area (Å²) in [7, 11) is 1.80. The van der Waals surface area contributed by atoms with Crippen LogP contribution in [0.1, 0.15) is 31.2 Å². The van der Waals surface area contributed by atoms with Gasteiger partial charge < -0.3 is 14.4 Å². The first-order chi connectivity index (χ1) is 12.7. The maximum absolute atomic E-state index is 5.81. The van der Waals surface area contributed by atoms with Gasteiger partial charge in [0.1, 0.15) is 5.69 Å². The number of methoxy groups -OCH3 is 1. The predicted molar refractivity (Wildman–Crippen MR) is 101 cm³/mol. The van der Waals surface area contributed by atoms with Crippen molar-refractivity contribution in [3.8, 4) is 11.3 Å². The van der Waals surface area contributed by atoms with Gasteiger partial charge in [0.25, 0.3) is 0 Å². The fourth-order valence-corrected chi connectivity index (χ4v) is 3.96. The second-order valence-corrected chi connectivity index (χ2v) is 7.41. The van der Waals surface area contributed by atoms with Gasteiger partial charge in [0.05, 0.1) is 24.9 Å². The lowest BCUT2D eigenvalue weighted by molar-refractivity contribution is 0.00370. The topological polar surface area (TPSA) is 52.4 Å². The number of anilines is 1. The molecule has 4 rings (SSSR count). The standard InChI is InChI=1S/C20H28N4O2/c1-15-11-16(23-9-8-17(12-23)25-2)6-7-19(15)20-14-24(22-21-20)13-18-5-3-4-10-26-18/h6-7,11,14,17-18H,3-5,8-10,12-13H2,1-2H3. The van der Waals surface area contributed by atoms with Gasteiger partial charge >= 0.3 is 0 Å². The molecule has 0 radical (unpaired) electrons. The van der Waals surface area contributed by atoms with Gasteiger partial charge in [-0.2, -0.15) is 0 Å². The Hall–Kier alpha value is -1.92. The molecule has 0 spiro atoms. The summed E-state index contributed by atoms with van der Waals surface area (Å²) in [6, 6.07) is 6.59. The van der Waals surface area contributed by atoms with Crippen LogP contribution in [0.15, 0.2) is 24.4 Å². The highest BCUT2D eigenvalue weighted by Crippen LogP contribution is 2.28. The zero-order valence-electron chi connectivity index (χ0n) is 15.7. The van der Waals surface area contributed by atoms with Crippen molar-refractivity contribution in [1.82, 2.24) is 15.0 Å². The van der Waals surface area contributed by atoms with Gasteiger partial charge in [0.15, 0.2) is 0 Å². The van der Waals surface area contributed by atoms with Crippen LogP contribution in [-0.4, -0.2) is 54.0 Å². The first-order valence-corrected chi connectivity index (χ1v) is 9.63. The minimum Gasteiger partial charge on any atom is -0.380 e. The van der Waals surface area contributed by atoms with Crippen LogP contribution < -0.4 is 4.90 Å². The smallest absolute Gasteiger partial charge is 0.113 e. The molecule has 0 saturated carbocycles. The summed E-state index contributed by atoms with van der Waals surface area (Å²) in [5.74, 6) is 0. The summed E-state index contributed by atoms with van der Waals surface area (Å²) >= 11 is 0. The zero-order valence-corrected chi connectivity index (χ0v) is 15.7. The molecular formula is C20H28N4O2. The van der Waals surface area contributed by atoms with Gasteiger partial charge in [-0.25, -0.2) is 4.68 Å². The molecule has 3 heterocycles. The van der Waals surface area contributed by atoms with Crippen LogP contribution in [0.3, 0.4) is 0 Å². The maximum Gasteiger partial charge on any atom is 0.113 e.